The lowest BCUT2D eigenvalue weighted by atomic mass is 10.1. The molecule has 1 rings (SSSR count). The summed E-state index contributed by atoms with van der Waals surface area (Å²) in [7, 11) is 3.62. The van der Waals surface area contributed by atoms with Crippen molar-refractivity contribution in [1.29, 1.82) is 0 Å². The van der Waals surface area contributed by atoms with E-state index in [1.165, 1.54) is 12.7 Å². The summed E-state index contributed by atoms with van der Waals surface area (Å²) in [6, 6.07) is 7.98. The molecule has 1 atom stereocenters. The second kappa shape index (κ2) is 12.6. The van der Waals surface area contributed by atoms with E-state index in [0.717, 1.165) is 12.1 Å². The Hall–Kier alpha value is -0.850. The number of nitrogens with two attached hydrogens (primary N) is 1. The zero-order chi connectivity index (χ0) is 15.8. The normalized spacial score (nSPS) is 11.6. The smallest absolute Gasteiger partial charge is 0.239 e. The molecular weight excluding hydrogens is 337 g/mol. The minimum atomic E-state index is -0.625. The number of ether oxygens (including phenoxy) is 1. The Kier molecular flexibility index (Phi) is 13.3. The van der Waals surface area contributed by atoms with Crippen molar-refractivity contribution in [2.24, 2.45) is 5.73 Å². The van der Waals surface area contributed by atoms with Gasteiger partial charge in [0.25, 0.3) is 0 Å². The van der Waals surface area contributed by atoms with E-state index >= 15 is 0 Å². The number of hydrogen-bond donors (Lipinski definition) is 2. The number of rotatable bonds is 8. The average Bonchev–Trinajstić information content (AvgIpc) is 2.46. The average molecular weight is 366 g/mol. The van der Waals surface area contributed by atoms with E-state index in [2.05, 4.69) is 37.2 Å². The summed E-state index contributed by atoms with van der Waals surface area (Å²) in [5.41, 5.74) is 8.04. The third-order valence-corrected chi connectivity index (χ3v) is 3.56. The van der Waals surface area contributed by atoms with E-state index in [-0.39, 0.29) is 37.3 Å². The maximum Gasteiger partial charge on any atom is 0.239 e. The van der Waals surface area contributed by atoms with Gasteiger partial charge in [0.05, 0.1) is 6.61 Å². The van der Waals surface area contributed by atoms with Crippen LogP contribution in [-0.4, -0.2) is 43.7 Å². The highest BCUT2D eigenvalue weighted by atomic mass is 35.5. The summed E-state index contributed by atoms with van der Waals surface area (Å²) in [5, 5.41) is 2.86. The Morgan fingerprint density at radius 2 is 1.83 bits per heavy atom. The molecule has 23 heavy (non-hydrogen) atoms. The van der Waals surface area contributed by atoms with Gasteiger partial charge in [-0.2, -0.15) is 0 Å². The number of nitrogens with one attached hydrogen (secondary N) is 1. The molecule has 0 saturated carbocycles. The van der Waals surface area contributed by atoms with Gasteiger partial charge < -0.3 is 15.8 Å². The second-order valence-electron chi connectivity index (χ2n) is 5.56. The van der Waals surface area contributed by atoms with Gasteiger partial charge in [-0.25, -0.2) is 0 Å². The highest BCUT2D eigenvalue weighted by molar-refractivity contribution is 5.85. The molecule has 0 fully saturated rings. The van der Waals surface area contributed by atoms with Gasteiger partial charge in [-0.05, 0) is 32.0 Å². The van der Waals surface area contributed by atoms with Crippen molar-refractivity contribution >= 4 is 30.7 Å². The van der Waals surface area contributed by atoms with Crippen LogP contribution in [0.4, 0.5) is 0 Å². The van der Waals surface area contributed by atoms with Crippen LogP contribution in [0, 0.1) is 0 Å². The van der Waals surface area contributed by atoms with Crippen LogP contribution in [0.25, 0.3) is 0 Å². The highest BCUT2D eigenvalue weighted by Crippen LogP contribution is 2.12. The van der Waals surface area contributed by atoms with Gasteiger partial charge in [0.1, 0.15) is 6.04 Å². The van der Waals surface area contributed by atoms with Crippen LogP contribution in [-0.2, 0) is 22.6 Å². The molecule has 1 unspecified atom stereocenters. The molecule has 0 bridgehead atoms. The number of carbonyl (C=O) groups excluding carboxylic acids is 1. The molecule has 1 aromatic rings. The number of halogens is 2. The zero-order valence-electron chi connectivity index (χ0n) is 14.2. The quantitative estimate of drug-likeness (QED) is 0.738. The number of benzene rings is 1. The molecule has 0 aliphatic rings. The maximum atomic E-state index is 11.8. The number of nitrogens with zero attached hydrogens (tertiary/aromatic N) is 1. The first-order valence-electron chi connectivity index (χ1n) is 7.25. The van der Waals surface area contributed by atoms with Gasteiger partial charge in [0.15, 0.2) is 0 Å². The molecule has 134 valence electrons. The predicted molar refractivity (Wildman–Crippen MR) is 99.2 cm³/mol. The molecule has 1 aromatic carbocycles. The van der Waals surface area contributed by atoms with Gasteiger partial charge in [0, 0.05) is 26.2 Å². The van der Waals surface area contributed by atoms with Gasteiger partial charge in [-0.1, -0.05) is 24.3 Å². The molecule has 3 N–H and O–H groups in total. The molecule has 7 heteroatoms. The van der Waals surface area contributed by atoms with E-state index in [0.29, 0.717) is 12.6 Å². The lowest BCUT2D eigenvalue weighted by molar-refractivity contribution is -0.123. The Balaban J connectivity index is 0. The van der Waals surface area contributed by atoms with Gasteiger partial charge in [-0.15, -0.1) is 24.8 Å². The van der Waals surface area contributed by atoms with Crippen LogP contribution in [0.15, 0.2) is 24.3 Å². The molecule has 0 aliphatic heterocycles. The molecular formula is C16H29Cl2N3O2. The second-order valence-corrected chi connectivity index (χ2v) is 5.56. The van der Waals surface area contributed by atoms with Crippen molar-refractivity contribution in [2.75, 3.05) is 20.8 Å². The van der Waals surface area contributed by atoms with E-state index in [9.17, 15) is 4.79 Å². The van der Waals surface area contributed by atoms with Crippen molar-refractivity contribution in [2.45, 2.75) is 39.0 Å². The monoisotopic (exact) mass is 365 g/mol. The molecule has 0 radical (unpaired) electrons. The van der Waals surface area contributed by atoms with Gasteiger partial charge in [-0.3, -0.25) is 9.69 Å². The first kappa shape index (κ1) is 24.4. The molecule has 5 nitrogen and oxygen atoms in total. The number of amides is 1. The standard InChI is InChI=1S/C16H27N3O2.2ClH/c1-12(2)19(3)10-14-8-6-5-7-13(14)9-18-16(20)15(17)11-21-4;;/h5-8,12,15H,9-11,17H2,1-4H3,(H,18,20);2*1H. The fourth-order valence-corrected chi connectivity index (χ4v) is 1.90. The number of methoxy groups -OCH3 is 1. The van der Waals surface area contributed by atoms with Crippen molar-refractivity contribution in [3.05, 3.63) is 35.4 Å². The topological polar surface area (TPSA) is 67.6 Å². The van der Waals surface area contributed by atoms with E-state index in [4.69, 9.17) is 10.5 Å². The molecule has 0 saturated heterocycles. The van der Waals surface area contributed by atoms with Crippen LogP contribution in [0.5, 0.6) is 0 Å². The van der Waals surface area contributed by atoms with Crippen molar-refractivity contribution in [3.8, 4) is 0 Å². The van der Waals surface area contributed by atoms with E-state index in [1.54, 1.807) is 0 Å². The molecule has 0 aromatic heterocycles. The molecule has 0 spiro atoms. The van der Waals surface area contributed by atoms with Crippen molar-refractivity contribution in [1.82, 2.24) is 10.2 Å². The van der Waals surface area contributed by atoms with Gasteiger partial charge in [0.2, 0.25) is 5.91 Å². The lowest BCUT2D eigenvalue weighted by Crippen LogP contribution is -2.43. The third kappa shape index (κ3) is 8.53. The summed E-state index contributed by atoms with van der Waals surface area (Å²) in [6.07, 6.45) is 0. The van der Waals surface area contributed by atoms with Crippen molar-refractivity contribution < 1.29 is 9.53 Å². The fourth-order valence-electron chi connectivity index (χ4n) is 1.90. The number of carbonyl (C=O) groups is 1. The van der Waals surface area contributed by atoms with Crippen LogP contribution >= 0.6 is 24.8 Å². The Bertz CT molecular complexity index is 459. The van der Waals surface area contributed by atoms with Crippen LogP contribution < -0.4 is 11.1 Å². The van der Waals surface area contributed by atoms with Crippen molar-refractivity contribution in [3.63, 3.8) is 0 Å². The zero-order valence-corrected chi connectivity index (χ0v) is 15.9. The Morgan fingerprint density at radius 1 is 1.26 bits per heavy atom. The largest absolute Gasteiger partial charge is 0.383 e. The third-order valence-electron chi connectivity index (χ3n) is 3.56. The molecule has 0 heterocycles. The molecule has 0 aliphatic carbocycles. The minimum absolute atomic E-state index is 0. The summed E-state index contributed by atoms with van der Waals surface area (Å²) in [6.45, 7) is 5.89. The number of hydrogen-bond acceptors (Lipinski definition) is 4. The first-order valence-corrected chi connectivity index (χ1v) is 7.25. The van der Waals surface area contributed by atoms with E-state index < -0.39 is 6.04 Å². The summed E-state index contributed by atoms with van der Waals surface area (Å²) < 4.78 is 4.89. The van der Waals surface area contributed by atoms with Gasteiger partial charge >= 0.3 is 0 Å². The van der Waals surface area contributed by atoms with Crippen LogP contribution in [0.1, 0.15) is 25.0 Å². The minimum Gasteiger partial charge on any atom is -0.383 e. The fraction of sp³-hybridized carbons (Fsp3) is 0.562. The summed E-state index contributed by atoms with van der Waals surface area (Å²) in [4.78, 5) is 14.1. The highest BCUT2D eigenvalue weighted by Gasteiger charge is 2.13. The Labute approximate surface area is 151 Å². The lowest BCUT2D eigenvalue weighted by Gasteiger charge is -2.22. The maximum absolute atomic E-state index is 11.8. The van der Waals surface area contributed by atoms with Crippen LogP contribution in [0.3, 0.4) is 0 Å². The Morgan fingerprint density at radius 3 is 2.35 bits per heavy atom. The summed E-state index contributed by atoms with van der Waals surface area (Å²) >= 11 is 0. The predicted octanol–water partition coefficient (Wildman–Crippen LogP) is 1.96. The van der Waals surface area contributed by atoms with Crippen LogP contribution in [0.2, 0.25) is 0 Å². The molecule has 1 amide bonds. The first-order chi connectivity index (χ1) is 9.95. The summed E-state index contributed by atoms with van der Waals surface area (Å²) in [5.74, 6) is -0.191. The van der Waals surface area contributed by atoms with E-state index in [1.807, 2.05) is 18.2 Å². The SMILES string of the molecule is COCC(N)C(=O)NCc1ccccc1CN(C)C(C)C.Cl.Cl.